The molecule has 2 aromatic carbocycles. The molecule has 106 valence electrons. The molecule has 0 amide bonds. The lowest BCUT2D eigenvalue weighted by Gasteiger charge is -2.07. The predicted molar refractivity (Wildman–Crippen MR) is 84.7 cm³/mol. The molecule has 0 spiro atoms. The normalized spacial score (nSPS) is 10.6. The third-order valence-electron chi connectivity index (χ3n) is 3.37. The van der Waals surface area contributed by atoms with Crippen LogP contribution in [0, 0.1) is 6.92 Å². The summed E-state index contributed by atoms with van der Waals surface area (Å²) in [5.74, 6) is 0.760. The van der Waals surface area contributed by atoms with Gasteiger partial charge in [0.2, 0.25) is 0 Å². The second-order valence-electron chi connectivity index (χ2n) is 4.92. The van der Waals surface area contributed by atoms with Gasteiger partial charge in [-0.3, -0.25) is 0 Å². The molecular formula is C17H17N3O. The van der Waals surface area contributed by atoms with Crippen molar-refractivity contribution in [1.82, 2.24) is 9.78 Å². The zero-order valence-electron chi connectivity index (χ0n) is 12.1. The van der Waals surface area contributed by atoms with Gasteiger partial charge in [0, 0.05) is 5.56 Å². The molecule has 2 N–H and O–H groups in total. The number of methoxy groups -OCH3 is 1. The summed E-state index contributed by atoms with van der Waals surface area (Å²) in [6.07, 6.45) is 1.82. The van der Waals surface area contributed by atoms with Gasteiger partial charge in [-0.25, -0.2) is 4.68 Å². The number of nitrogens with two attached hydrogens (primary N) is 1. The van der Waals surface area contributed by atoms with Crippen LogP contribution in [0.5, 0.6) is 5.75 Å². The average Bonchev–Trinajstić information content (AvgIpc) is 2.89. The van der Waals surface area contributed by atoms with E-state index < -0.39 is 0 Å². The molecule has 0 aliphatic rings. The van der Waals surface area contributed by atoms with Crippen molar-refractivity contribution in [2.45, 2.75) is 6.92 Å². The molecule has 0 bridgehead atoms. The van der Waals surface area contributed by atoms with Gasteiger partial charge < -0.3 is 10.5 Å². The Kier molecular flexibility index (Phi) is 3.36. The van der Waals surface area contributed by atoms with Gasteiger partial charge >= 0.3 is 0 Å². The summed E-state index contributed by atoms with van der Waals surface area (Å²) in [7, 11) is 1.65. The predicted octanol–water partition coefficient (Wildman–Crippen LogP) is 3.44. The Balaban J connectivity index is 2.10. The van der Waals surface area contributed by atoms with E-state index in [4.69, 9.17) is 10.5 Å². The van der Waals surface area contributed by atoms with Crippen LogP contribution < -0.4 is 10.5 Å². The molecule has 21 heavy (non-hydrogen) atoms. The molecule has 0 aliphatic heterocycles. The quantitative estimate of drug-likeness (QED) is 0.799. The number of aryl methyl sites for hydroxylation is 1. The molecule has 0 fully saturated rings. The number of ether oxygens (including phenoxy) is 1. The van der Waals surface area contributed by atoms with Crippen LogP contribution in [0.25, 0.3) is 16.9 Å². The Morgan fingerprint density at radius 1 is 1.10 bits per heavy atom. The maximum atomic E-state index is 6.13. The van der Waals surface area contributed by atoms with Gasteiger partial charge in [-0.2, -0.15) is 5.10 Å². The minimum Gasteiger partial charge on any atom is -0.494 e. The van der Waals surface area contributed by atoms with E-state index in [9.17, 15) is 0 Å². The van der Waals surface area contributed by atoms with Crippen LogP contribution in [0.4, 0.5) is 5.69 Å². The van der Waals surface area contributed by atoms with Crippen LogP contribution in [0.2, 0.25) is 0 Å². The highest BCUT2D eigenvalue weighted by Crippen LogP contribution is 2.28. The number of hydrogen-bond acceptors (Lipinski definition) is 3. The SMILES string of the molecule is COc1ccccc1-n1cc(N)c(-c2cccc(C)c2)n1. The number of anilines is 1. The highest BCUT2D eigenvalue weighted by atomic mass is 16.5. The number of para-hydroxylation sites is 2. The third-order valence-corrected chi connectivity index (χ3v) is 3.37. The van der Waals surface area contributed by atoms with Crippen molar-refractivity contribution in [3.63, 3.8) is 0 Å². The molecule has 0 saturated carbocycles. The van der Waals surface area contributed by atoms with E-state index in [1.54, 1.807) is 11.8 Å². The van der Waals surface area contributed by atoms with Gasteiger partial charge in [0.05, 0.1) is 19.0 Å². The van der Waals surface area contributed by atoms with Gasteiger partial charge in [-0.05, 0) is 25.1 Å². The number of rotatable bonds is 3. The van der Waals surface area contributed by atoms with Crippen LogP contribution >= 0.6 is 0 Å². The lowest BCUT2D eigenvalue weighted by Crippen LogP contribution is -1.98. The third kappa shape index (κ3) is 2.48. The summed E-state index contributed by atoms with van der Waals surface area (Å²) < 4.78 is 7.13. The summed E-state index contributed by atoms with van der Waals surface area (Å²) in [6.45, 7) is 2.05. The highest BCUT2D eigenvalue weighted by Gasteiger charge is 2.12. The van der Waals surface area contributed by atoms with Crippen molar-refractivity contribution in [3.05, 3.63) is 60.3 Å². The number of nitrogen functional groups attached to an aromatic ring is 1. The first-order valence-electron chi connectivity index (χ1n) is 6.74. The Labute approximate surface area is 123 Å². The second-order valence-corrected chi connectivity index (χ2v) is 4.92. The molecule has 0 unspecified atom stereocenters. The van der Waals surface area contributed by atoms with Crippen molar-refractivity contribution < 1.29 is 4.74 Å². The van der Waals surface area contributed by atoms with Crippen LogP contribution in [-0.2, 0) is 0 Å². The Morgan fingerprint density at radius 2 is 1.90 bits per heavy atom. The molecule has 0 aliphatic carbocycles. The fourth-order valence-corrected chi connectivity index (χ4v) is 2.35. The molecule has 1 aromatic heterocycles. The average molecular weight is 279 g/mol. The van der Waals surface area contributed by atoms with Gasteiger partial charge in [-0.15, -0.1) is 0 Å². The van der Waals surface area contributed by atoms with Gasteiger partial charge in [0.1, 0.15) is 17.1 Å². The van der Waals surface area contributed by atoms with E-state index in [-0.39, 0.29) is 0 Å². The van der Waals surface area contributed by atoms with E-state index >= 15 is 0 Å². The van der Waals surface area contributed by atoms with Crippen molar-refractivity contribution >= 4 is 5.69 Å². The van der Waals surface area contributed by atoms with Crippen molar-refractivity contribution in [2.24, 2.45) is 0 Å². The van der Waals surface area contributed by atoms with Crippen LogP contribution in [0.15, 0.2) is 54.7 Å². The first kappa shape index (κ1) is 13.2. The zero-order valence-corrected chi connectivity index (χ0v) is 12.1. The van der Waals surface area contributed by atoms with E-state index in [0.717, 1.165) is 22.7 Å². The number of aromatic nitrogens is 2. The first-order chi connectivity index (χ1) is 10.2. The Hall–Kier alpha value is -2.75. The van der Waals surface area contributed by atoms with Crippen molar-refractivity contribution in [2.75, 3.05) is 12.8 Å². The topological polar surface area (TPSA) is 53.1 Å². The van der Waals surface area contributed by atoms with Crippen molar-refractivity contribution in [1.29, 1.82) is 0 Å². The fourth-order valence-electron chi connectivity index (χ4n) is 2.35. The van der Waals surface area contributed by atoms with Gasteiger partial charge in [0.25, 0.3) is 0 Å². The zero-order chi connectivity index (χ0) is 14.8. The molecule has 4 heteroatoms. The molecule has 4 nitrogen and oxygen atoms in total. The first-order valence-corrected chi connectivity index (χ1v) is 6.74. The van der Waals surface area contributed by atoms with Crippen molar-refractivity contribution in [3.8, 4) is 22.7 Å². The van der Waals surface area contributed by atoms with E-state index in [1.807, 2.05) is 42.6 Å². The Bertz CT molecular complexity index is 777. The van der Waals surface area contributed by atoms with E-state index in [1.165, 1.54) is 5.56 Å². The number of benzene rings is 2. The molecular weight excluding hydrogens is 262 g/mol. The summed E-state index contributed by atoms with van der Waals surface area (Å²) in [6, 6.07) is 15.9. The molecule has 3 rings (SSSR count). The van der Waals surface area contributed by atoms with Crippen LogP contribution in [0.3, 0.4) is 0 Å². The van der Waals surface area contributed by atoms with E-state index in [2.05, 4.69) is 24.2 Å². The summed E-state index contributed by atoms with van der Waals surface area (Å²) in [5, 5.41) is 4.61. The Morgan fingerprint density at radius 3 is 2.67 bits per heavy atom. The van der Waals surface area contributed by atoms with Gasteiger partial charge in [0.15, 0.2) is 0 Å². The van der Waals surface area contributed by atoms with E-state index in [0.29, 0.717) is 5.69 Å². The minimum absolute atomic E-state index is 0.645. The van der Waals surface area contributed by atoms with Crippen LogP contribution in [0.1, 0.15) is 5.56 Å². The molecule has 0 saturated heterocycles. The lowest BCUT2D eigenvalue weighted by molar-refractivity contribution is 0.412. The molecule has 0 radical (unpaired) electrons. The van der Waals surface area contributed by atoms with Crippen LogP contribution in [-0.4, -0.2) is 16.9 Å². The molecule has 0 atom stereocenters. The standard InChI is InChI=1S/C17H17N3O/c1-12-6-5-7-13(10-12)17-14(18)11-20(19-17)15-8-3-4-9-16(15)21-2/h3-11H,18H2,1-2H3. The monoisotopic (exact) mass is 279 g/mol. The number of nitrogens with zero attached hydrogens (tertiary/aromatic N) is 2. The minimum atomic E-state index is 0.645. The maximum Gasteiger partial charge on any atom is 0.144 e. The second kappa shape index (κ2) is 5.32. The van der Waals surface area contributed by atoms with Gasteiger partial charge in [-0.1, -0.05) is 35.9 Å². The number of hydrogen-bond donors (Lipinski definition) is 1. The highest BCUT2D eigenvalue weighted by molar-refractivity contribution is 5.73. The lowest BCUT2D eigenvalue weighted by atomic mass is 10.1. The largest absolute Gasteiger partial charge is 0.494 e. The summed E-state index contributed by atoms with van der Waals surface area (Å²) in [4.78, 5) is 0. The smallest absolute Gasteiger partial charge is 0.144 e. The fraction of sp³-hybridized carbons (Fsp3) is 0.118. The molecule has 3 aromatic rings. The maximum absolute atomic E-state index is 6.13. The summed E-state index contributed by atoms with van der Waals surface area (Å²) >= 11 is 0. The molecule has 1 heterocycles. The summed E-state index contributed by atoms with van der Waals surface area (Å²) in [5.41, 5.74) is 10.6.